The minimum atomic E-state index is -0.611. The van der Waals surface area contributed by atoms with Crippen molar-refractivity contribution in [3.8, 4) is 5.82 Å². The molecule has 0 unspecified atom stereocenters. The molecule has 0 saturated carbocycles. The summed E-state index contributed by atoms with van der Waals surface area (Å²) < 4.78 is 1.20. The van der Waals surface area contributed by atoms with Crippen molar-refractivity contribution in [2.75, 3.05) is 5.73 Å². The molecular weight excluding hydrogens is 248 g/mol. The van der Waals surface area contributed by atoms with E-state index in [4.69, 9.17) is 17.3 Å². The minimum absolute atomic E-state index is 0.0162. The summed E-state index contributed by atoms with van der Waals surface area (Å²) in [5.41, 5.74) is 5.64. The van der Waals surface area contributed by atoms with Crippen LogP contribution in [-0.4, -0.2) is 24.7 Å². The molecule has 0 saturated heterocycles. The Hall–Kier alpha value is -2.22. The van der Waals surface area contributed by atoms with E-state index in [1.54, 1.807) is 6.92 Å². The Morgan fingerprint density at radius 1 is 1.59 bits per heavy atom. The monoisotopic (exact) mass is 254 g/mol. The van der Waals surface area contributed by atoms with E-state index in [1.807, 2.05) is 0 Å². The van der Waals surface area contributed by atoms with Crippen molar-refractivity contribution in [3.05, 3.63) is 33.2 Å². The maximum atomic E-state index is 10.8. The molecule has 2 aromatic heterocycles. The molecule has 0 aliphatic rings. The van der Waals surface area contributed by atoms with Crippen LogP contribution in [0.4, 0.5) is 11.6 Å². The lowest BCUT2D eigenvalue weighted by Crippen LogP contribution is -2.07. The van der Waals surface area contributed by atoms with Gasteiger partial charge in [0, 0.05) is 0 Å². The van der Waals surface area contributed by atoms with Crippen LogP contribution in [0.1, 0.15) is 5.69 Å². The lowest BCUT2D eigenvalue weighted by atomic mass is 10.5. The molecule has 2 rings (SSSR count). The van der Waals surface area contributed by atoms with Gasteiger partial charge >= 0.3 is 5.69 Å². The Morgan fingerprint density at radius 2 is 2.29 bits per heavy atom. The number of anilines is 1. The van der Waals surface area contributed by atoms with Crippen molar-refractivity contribution in [1.82, 2.24) is 19.7 Å². The maximum Gasteiger partial charge on any atom is 0.332 e. The smallest absolute Gasteiger partial charge is 0.332 e. The molecule has 9 heteroatoms. The zero-order valence-corrected chi connectivity index (χ0v) is 9.42. The summed E-state index contributed by atoms with van der Waals surface area (Å²) in [6, 6.07) is 0. The lowest BCUT2D eigenvalue weighted by Gasteiger charge is -2.01. The van der Waals surface area contributed by atoms with Gasteiger partial charge in [-0.1, -0.05) is 11.6 Å². The summed E-state index contributed by atoms with van der Waals surface area (Å²) in [7, 11) is 0. The standard InChI is InChI=1S/C8H7ClN6O2/c1-4-5(9)3-14(13-4)7-6(15(16)17)2-11-8(10)12-7/h2-3H,1H3,(H2,10,11,12). The van der Waals surface area contributed by atoms with Gasteiger partial charge in [-0.3, -0.25) is 10.1 Å². The molecule has 0 aliphatic heterocycles. The number of hydrogen-bond acceptors (Lipinski definition) is 6. The molecule has 88 valence electrons. The molecule has 2 aromatic rings. The SMILES string of the molecule is Cc1nn(-c2nc(N)ncc2[N+](=O)[O-])cc1Cl. The second kappa shape index (κ2) is 3.98. The Labute approximate surface area is 100 Å². The van der Waals surface area contributed by atoms with Crippen molar-refractivity contribution >= 4 is 23.2 Å². The number of nitro groups is 1. The summed E-state index contributed by atoms with van der Waals surface area (Å²) in [5, 5.41) is 15.2. The molecule has 0 aliphatic carbocycles. The Kier molecular flexibility index (Phi) is 2.64. The van der Waals surface area contributed by atoms with Gasteiger partial charge in [-0.15, -0.1) is 0 Å². The van der Waals surface area contributed by atoms with Crippen molar-refractivity contribution in [1.29, 1.82) is 0 Å². The number of nitrogens with zero attached hydrogens (tertiary/aromatic N) is 5. The lowest BCUT2D eigenvalue weighted by molar-refractivity contribution is -0.385. The number of rotatable bonds is 2. The van der Waals surface area contributed by atoms with Crippen molar-refractivity contribution in [2.45, 2.75) is 6.92 Å². The molecule has 2 heterocycles. The third-order valence-electron chi connectivity index (χ3n) is 2.02. The second-order valence-corrected chi connectivity index (χ2v) is 3.61. The number of halogens is 1. The van der Waals surface area contributed by atoms with Crippen molar-refractivity contribution in [3.63, 3.8) is 0 Å². The number of nitrogen functional groups attached to an aromatic ring is 1. The first-order valence-electron chi connectivity index (χ1n) is 4.48. The largest absolute Gasteiger partial charge is 0.368 e. The maximum absolute atomic E-state index is 10.8. The first-order chi connectivity index (χ1) is 7.99. The fourth-order valence-corrected chi connectivity index (χ4v) is 1.35. The van der Waals surface area contributed by atoms with Crippen molar-refractivity contribution in [2.24, 2.45) is 0 Å². The number of hydrogen-bond donors (Lipinski definition) is 1. The average Bonchev–Trinajstić information content (AvgIpc) is 2.58. The van der Waals surface area contributed by atoms with E-state index in [-0.39, 0.29) is 17.5 Å². The molecule has 0 atom stereocenters. The summed E-state index contributed by atoms with van der Waals surface area (Å²) in [5.74, 6) is -0.0904. The number of aryl methyl sites for hydroxylation is 1. The van der Waals surface area contributed by atoms with E-state index < -0.39 is 4.92 Å². The summed E-state index contributed by atoms with van der Waals surface area (Å²) >= 11 is 5.82. The summed E-state index contributed by atoms with van der Waals surface area (Å²) in [6.07, 6.45) is 2.45. The van der Waals surface area contributed by atoms with E-state index in [0.717, 1.165) is 6.20 Å². The zero-order chi connectivity index (χ0) is 12.6. The van der Waals surface area contributed by atoms with E-state index >= 15 is 0 Å². The highest BCUT2D eigenvalue weighted by atomic mass is 35.5. The summed E-state index contributed by atoms with van der Waals surface area (Å²) in [4.78, 5) is 17.5. The quantitative estimate of drug-likeness (QED) is 0.634. The van der Waals surface area contributed by atoms with Gasteiger partial charge in [0.2, 0.25) is 11.8 Å². The van der Waals surface area contributed by atoms with E-state index in [1.165, 1.54) is 10.9 Å². The van der Waals surface area contributed by atoms with Crippen LogP contribution in [0.5, 0.6) is 0 Å². The van der Waals surface area contributed by atoms with Gasteiger partial charge in [-0.2, -0.15) is 10.1 Å². The number of nitrogens with two attached hydrogens (primary N) is 1. The van der Waals surface area contributed by atoms with Crippen LogP contribution in [0.2, 0.25) is 5.02 Å². The topological polar surface area (TPSA) is 113 Å². The molecule has 17 heavy (non-hydrogen) atoms. The Morgan fingerprint density at radius 3 is 2.82 bits per heavy atom. The summed E-state index contributed by atoms with van der Waals surface area (Å²) in [6.45, 7) is 1.68. The van der Waals surface area contributed by atoms with Crippen molar-refractivity contribution < 1.29 is 4.92 Å². The first-order valence-corrected chi connectivity index (χ1v) is 4.86. The molecule has 2 N–H and O–H groups in total. The highest BCUT2D eigenvalue weighted by Crippen LogP contribution is 2.22. The number of aromatic nitrogens is 4. The van der Waals surface area contributed by atoms with Gasteiger partial charge in [0.15, 0.2) is 0 Å². The van der Waals surface area contributed by atoms with Crippen LogP contribution in [0.3, 0.4) is 0 Å². The van der Waals surface area contributed by atoms with Crippen LogP contribution in [0, 0.1) is 17.0 Å². The zero-order valence-electron chi connectivity index (χ0n) is 8.66. The Bertz CT molecular complexity index is 576. The average molecular weight is 255 g/mol. The van der Waals surface area contributed by atoms with E-state index in [9.17, 15) is 10.1 Å². The van der Waals surface area contributed by atoms with Gasteiger partial charge in [0.1, 0.15) is 6.20 Å². The van der Waals surface area contributed by atoms with Crippen LogP contribution >= 0.6 is 11.6 Å². The minimum Gasteiger partial charge on any atom is -0.368 e. The second-order valence-electron chi connectivity index (χ2n) is 3.20. The fraction of sp³-hybridized carbons (Fsp3) is 0.125. The fourth-order valence-electron chi connectivity index (χ4n) is 1.22. The molecule has 0 bridgehead atoms. The molecule has 0 fully saturated rings. The van der Waals surface area contributed by atoms with Crippen LogP contribution in [0.15, 0.2) is 12.4 Å². The predicted molar refractivity (Wildman–Crippen MR) is 60.0 cm³/mol. The van der Waals surface area contributed by atoms with Gasteiger partial charge in [-0.05, 0) is 6.92 Å². The van der Waals surface area contributed by atoms with Crippen LogP contribution in [-0.2, 0) is 0 Å². The molecular formula is C8H7ClN6O2. The Balaban J connectivity index is 2.64. The van der Waals surface area contributed by atoms with Gasteiger partial charge in [0.25, 0.3) is 0 Å². The molecule has 0 radical (unpaired) electrons. The van der Waals surface area contributed by atoms with Gasteiger partial charge < -0.3 is 5.73 Å². The third-order valence-corrected chi connectivity index (χ3v) is 2.39. The van der Waals surface area contributed by atoms with E-state index in [0.29, 0.717) is 10.7 Å². The predicted octanol–water partition coefficient (Wildman–Crippen LogP) is 1.11. The van der Waals surface area contributed by atoms with Crippen LogP contribution < -0.4 is 5.73 Å². The van der Waals surface area contributed by atoms with E-state index in [2.05, 4.69) is 15.1 Å². The molecule has 0 spiro atoms. The third kappa shape index (κ3) is 2.02. The van der Waals surface area contributed by atoms with Gasteiger partial charge in [0.05, 0.1) is 21.8 Å². The van der Waals surface area contributed by atoms with Gasteiger partial charge in [-0.25, -0.2) is 9.67 Å². The molecule has 8 nitrogen and oxygen atoms in total. The molecule has 0 aromatic carbocycles. The highest BCUT2D eigenvalue weighted by molar-refractivity contribution is 6.31. The van der Waals surface area contributed by atoms with Crippen LogP contribution in [0.25, 0.3) is 5.82 Å². The highest BCUT2D eigenvalue weighted by Gasteiger charge is 2.19. The molecule has 0 amide bonds. The normalized spacial score (nSPS) is 10.5. The first kappa shape index (κ1) is 11.3.